The molecule has 1 aliphatic rings. The molecule has 2 N–H and O–H groups in total. The molecule has 112 valence electrons. The van der Waals surface area contributed by atoms with Gasteiger partial charge in [-0.05, 0) is 18.8 Å². The summed E-state index contributed by atoms with van der Waals surface area (Å²) in [5, 5.41) is 11.9. The van der Waals surface area contributed by atoms with E-state index in [1.165, 1.54) is 16.7 Å². The van der Waals surface area contributed by atoms with Gasteiger partial charge in [-0.2, -0.15) is 0 Å². The largest absolute Gasteiger partial charge is 0.480 e. The van der Waals surface area contributed by atoms with E-state index in [1.807, 2.05) is 13.8 Å². The Hall–Kier alpha value is -1.35. The van der Waals surface area contributed by atoms with Crippen LogP contribution < -0.4 is 5.32 Å². The van der Waals surface area contributed by atoms with Crippen LogP contribution in [-0.2, 0) is 4.79 Å². The summed E-state index contributed by atoms with van der Waals surface area (Å²) in [6, 6.07) is -1.03. The highest BCUT2D eigenvalue weighted by Gasteiger charge is 2.42. The number of carbonyl (C=O) groups excluding carboxylic acids is 1. The van der Waals surface area contributed by atoms with E-state index in [1.54, 1.807) is 0 Å². The summed E-state index contributed by atoms with van der Waals surface area (Å²) in [4.78, 5) is 24.9. The third-order valence-electron chi connectivity index (χ3n) is 3.15. The molecule has 0 aromatic rings. The van der Waals surface area contributed by atoms with Gasteiger partial charge < -0.3 is 10.4 Å². The molecular weight excluding hydrogens is 276 g/mol. The van der Waals surface area contributed by atoms with Crippen molar-refractivity contribution in [2.45, 2.75) is 44.5 Å². The van der Waals surface area contributed by atoms with E-state index >= 15 is 0 Å². The maximum absolute atomic E-state index is 12.2. The van der Waals surface area contributed by atoms with Crippen LogP contribution in [0.3, 0.4) is 0 Å². The molecule has 5 nitrogen and oxygen atoms in total. The second-order valence-corrected chi connectivity index (χ2v) is 6.27. The summed E-state index contributed by atoms with van der Waals surface area (Å²) < 4.78 is 0. The van der Waals surface area contributed by atoms with Gasteiger partial charge in [0.2, 0.25) is 0 Å². The molecule has 0 aliphatic carbocycles. The molecule has 2 atom stereocenters. The predicted molar refractivity (Wildman–Crippen MR) is 80.4 cm³/mol. The summed E-state index contributed by atoms with van der Waals surface area (Å²) in [6.45, 7) is 4.52. The number of rotatable bonds is 6. The zero-order valence-corrected chi connectivity index (χ0v) is 12.8. The quantitative estimate of drug-likeness (QED) is 0.581. The summed E-state index contributed by atoms with van der Waals surface area (Å²) in [5.74, 6) is 2.28. The fraction of sp³-hybridized carbons (Fsp3) is 0.714. The molecule has 1 fully saturated rings. The van der Waals surface area contributed by atoms with Crippen LogP contribution in [0.4, 0.5) is 4.79 Å². The van der Waals surface area contributed by atoms with Gasteiger partial charge in [-0.1, -0.05) is 13.8 Å². The molecule has 6 heteroatoms. The lowest BCUT2D eigenvalue weighted by atomic mass is 10.1. The fourth-order valence-electron chi connectivity index (χ4n) is 2.13. The van der Waals surface area contributed by atoms with Crippen molar-refractivity contribution in [2.75, 3.05) is 12.3 Å². The Morgan fingerprint density at radius 3 is 2.75 bits per heavy atom. The first-order chi connectivity index (χ1) is 9.49. The van der Waals surface area contributed by atoms with E-state index in [-0.39, 0.29) is 17.3 Å². The van der Waals surface area contributed by atoms with E-state index in [0.717, 1.165) is 12.8 Å². The minimum Gasteiger partial charge on any atom is -0.480 e. The van der Waals surface area contributed by atoms with Gasteiger partial charge in [0.05, 0.1) is 5.37 Å². The Balaban J connectivity index is 2.56. The number of thioether (sulfide) groups is 1. The number of hydrogen-bond acceptors (Lipinski definition) is 3. The number of carboxylic acid groups (broad SMARTS) is 1. The third-order valence-corrected chi connectivity index (χ3v) is 4.77. The van der Waals surface area contributed by atoms with Crippen LogP contribution in [-0.4, -0.2) is 45.7 Å². The zero-order valence-electron chi connectivity index (χ0n) is 12.0. The maximum Gasteiger partial charge on any atom is 0.327 e. The van der Waals surface area contributed by atoms with Crippen molar-refractivity contribution in [3.8, 4) is 12.3 Å². The van der Waals surface area contributed by atoms with Crippen molar-refractivity contribution in [3.05, 3.63) is 0 Å². The Kier molecular flexibility index (Phi) is 6.73. The van der Waals surface area contributed by atoms with Gasteiger partial charge in [-0.15, -0.1) is 24.1 Å². The molecule has 20 heavy (non-hydrogen) atoms. The van der Waals surface area contributed by atoms with E-state index in [4.69, 9.17) is 6.42 Å². The van der Waals surface area contributed by atoms with Crippen molar-refractivity contribution >= 4 is 23.8 Å². The number of unbranched alkanes of at least 4 members (excludes halogenated alkanes) is 2. The molecule has 0 bridgehead atoms. The number of terminal acetylenes is 1. The number of hydrogen-bond donors (Lipinski definition) is 2. The Morgan fingerprint density at radius 2 is 2.20 bits per heavy atom. The molecule has 0 aromatic heterocycles. The molecule has 0 radical (unpaired) electrons. The molecule has 0 saturated carbocycles. The van der Waals surface area contributed by atoms with Crippen molar-refractivity contribution in [1.29, 1.82) is 0 Å². The average Bonchev–Trinajstić information content (AvgIpc) is 2.83. The number of nitrogens with zero attached hydrogens (tertiary/aromatic N) is 1. The minimum absolute atomic E-state index is 0.0817. The molecule has 2 amide bonds. The summed E-state index contributed by atoms with van der Waals surface area (Å²) in [7, 11) is 0. The summed E-state index contributed by atoms with van der Waals surface area (Å²) >= 11 is 1.53. The number of urea groups is 1. The molecule has 0 spiro atoms. The van der Waals surface area contributed by atoms with Gasteiger partial charge in [0.1, 0.15) is 6.04 Å². The molecule has 0 aromatic carbocycles. The first-order valence-corrected chi connectivity index (χ1v) is 7.88. The molecule has 1 aliphatic heterocycles. The predicted octanol–water partition coefficient (Wildman–Crippen LogP) is 1.98. The summed E-state index contributed by atoms with van der Waals surface area (Å²) in [6.07, 6.45) is 7.52. The van der Waals surface area contributed by atoms with Crippen LogP contribution in [0.15, 0.2) is 0 Å². The molecule has 1 heterocycles. The number of carbonyl (C=O) groups is 2. The van der Waals surface area contributed by atoms with Gasteiger partial charge in [0.25, 0.3) is 0 Å². The lowest BCUT2D eigenvalue weighted by molar-refractivity contribution is -0.141. The molecule has 1 saturated heterocycles. The standard InChI is InChI=1S/C14H22N2O3S/c1-4-5-6-7-8-15-14(19)16-11(13(17)18)9-20-12(16)10(2)3/h1,10-12H,5-9H2,2-3H3,(H,15,19)(H,17,18). The zero-order chi connectivity index (χ0) is 15.1. The van der Waals surface area contributed by atoms with Crippen LogP contribution in [0.1, 0.15) is 33.1 Å². The first-order valence-electron chi connectivity index (χ1n) is 6.83. The second kappa shape index (κ2) is 8.05. The second-order valence-electron chi connectivity index (χ2n) is 5.12. The topological polar surface area (TPSA) is 69.6 Å². The van der Waals surface area contributed by atoms with Crippen molar-refractivity contribution < 1.29 is 14.7 Å². The highest BCUT2D eigenvalue weighted by atomic mass is 32.2. The normalized spacial score (nSPS) is 21.8. The fourth-order valence-corrected chi connectivity index (χ4v) is 3.60. The van der Waals surface area contributed by atoms with Crippen molar-refractivity contribution in [2.24, 2.45) is 5.92 Å². The van der Waals surface area contributed by atoms with Gasteiger partial charge in [-0.3, -0.25) is 4.90 Å². The Bertz CT molecular complexity index is 392. The average molecular weight is 298 g/mol. The van der Waals surface area contributed by atoms with Crippen LogP contribution in [0.5, 0.6) is 0 Å². The van der Waals surface area contributed by atoms with Gasteiger partial charge in [0.15, 0.2) is 0 Å². The number of nitrogens with one attached hydrogen (secondary N) is 1. The molecular formula is C14H22N2O3S. The molecule has 2 unspecified atom stereocenters. The van der Waals surface area contributed by atoms with Crippen LogP contribution >= 0.6 is 11.8 Å². The number of carboxylic acids is 1. The maximum atomic E-state index is 12.2. The highest BCUT2D eigenvalue weighted by Crippen LogP contribution is 2.33. The minimum atomic E-state index is -0.942. The number of amides is 2. The van der Waals surface area contributed by atoms with Crippen LogP contribution in [0.25, 0.3) is 0 Å². The van der Waals surface area contributed by atoms with E-state index < -0.39 is 12.0 Å². The lowest BCUT2D eigenvalue weighted by Crippen LogP contribution is -2.51. The van der Waals surface area contributed by atoms with Crippen molar-refractivity contribution in [3.63, 3.8) is 0 Å². The van der Waals surface area contributed by atoms with Gasteiger partial charge in [-0.25, -0.2) is 9.59 Å². The molecule has 1 rings (SSSR count). The summed E-state index contributed by atoms with van der Waals surface area (Å²) in [5.41, 5.74) is 0. The smallest absolute Gasteiger partial charge is 0.327 e. The Morgan fingerprint density at radius 1 is 1.50 bits per heavy atom. The first kappa shape index (κ1) is 16.7. The van der Waals surface area contributed by atoms with Crippen molar-refractivity contribution in [1.82, 2.24) is 10.2 Å². The van der Waals surface area contributed by atoms with E-state index in [0.29, 0.717) is 18.7 Å². The highest BCUT2D eigenvalue weighted by molar-refractivity contribution is 8.00. The Labute approximate surface area is 124 Å². The van der Waals surface area contributed by atoms with Crippen LogP contribution in [0, 0.1) is 18.3 Å². The third kappa shape index (κ3) is 4.34. The van der Waals surface area contributed by atoms with E-state index in [2.05, 4.69) is 11.2 Å². The monoisotopic (exact) mass is 298 g/mol. The van der Waals surface area contributed by atoms with E-state index in [9.17, 15) is 14.7 Å². The lowest BCUT2D eigenvalue weighted by Gasteiger charge is -2.29. The van der Waals surface area contributed by atoms with Crippen LogP contribution in [0.2, 0.25) is 0 Å². The van der Waals surface area contributed by atoms with Gasteiger partial charge in [0, 0.05) is 18.7 Å². The SMILES string of the molecule is C#CCCCCNC(=O)N1C(C(=O)O)CSC1C(C)C. The number of aliphatic carboxylic acids is 1. The van der Waals surface area contributed by atoms with Gasteiger partial charge >= 0.3 is 12.0 Å².